The first-order chi connectivity index (χ1) is 8.19. The molecule has 2 rings (SSSR count). The van der Waals surface area contributed by atoms with Crippen molar-refractivity contribution in [3.05, 3.63) is 69.2 Å². The van der Waals surface area contributed by atoms with Crippen molar-refractivity contribution in [2.24, 2.45) is 5.73 Å². The average molecular weight is 290 g/mol. The Kier molecular flexibility index (Phi) is 3.97. The molecular weight excluding hydrogens is 274 g/mol. The van der Waals surface area contributed by atoms with Gasteiger partial charge < -0.3 is 5.73 Å². The zero-order chi connectivity index (χ0) is 12.3. The van der Waals surface area contributed by atoms with E-state index in [9.17, 15) is 0 Å². The van der Waals surface area contributed by atoms with E-state index >= 15 is 0 Å². The van der Waals surface area contributed by atoms with E-state index in [-0.39, 0.29) is 0 Å². The monoisotopic (exact) mass is 289 g/mol. The van der Waals surface area contributed by atoms with Gasteiger partial charge in [0.1, 0.15) is 0 Å². The Balaban J connectivity index is 2.27. The summed E-state index contributed by atoms with van der Waals surface area (Å²) in [5, 5.41) is 0. The number of benzene rings is 2. The second-order valence-electron chi connectivity index (χ2n) is 4.27. The summed E-state index contributed by atoms with van der Waals surface area (Å²) in [5.41, 5.74) is 10.8. The molecule has 0 saturated heterocycles. The number of aryl methyl sites for hydroxylation is 1. The summed E-state index contributed by atoms with van der Waals surface area (Å²) in [6, 6.07) is 14.9. The first kappa shape index (κ1) is 12.3. The van der Waals surface area contributed by atoms with Crippen LogP contribution in [0.4, 0.5) is 0 Å². The highest BCUT2D eigenvalue weighted by Gasteiger charge is 2.02. The van der Waals surface area contributed by atoms with Gasteiger partial charge in [0, 0.05) is 11.0 Å². The van der Waals surface area contributed by atoms with Crippen LogP contribution in [-0.4, -0.2) is 0 Å². The van der Waals surface area contributed by atoms with Gasteiger partial charge in [0.05, 0.1) is 0 Å². The van der Waals surface area contributed by atoms with E-state index in [1.165, 1.54) is 22.3 Å². The molecule has 0 heterocycles. The van der Waals surface area contributed by atoms with E-state index < -0.39 is 0 Å². The van der Waals surface area contributed by atoms with Crippen molar-refractivity contribution in [2.75, 3.05) is 0 Å². The van der Waals surface area contributed by atoms with Crippen LogP contribution in [0.15, 0.2) is 46.9 Å². The van der Waals surface area contributed by atoms with E-state index in [2.05, 4.69) is 65.3 Å². The smallest absolute Gasteiger partial charge is 0.0178 e. The third kappa shape index (κ3) is 3.18. The lowest BCUT2D eigenvalue weighted by Crippen LogP contribution is -1.98. The molecule has 2 aromatic rings. The molecule has 0 aromatic heterocycles. The van der Waals surface area contributed by atoms with E-state index in [4.69, 9.17) is 5.73 Å². The first-order valence-electron chi connectivity index (χ1n) is 5.72. The van der Waals surface area contributed by atoms with Crippen LogP contribution in [0.2, 0.25) is 0 Å². The lowest BCUT2D eigenvalue weighted by Gasteiger charge is -2.08. The summed E-state index contributed by atoms with van der Waals surface area (Å²) in [5.74, 6) is 0. The fourth-order valence-corrected chi connectivity index (χ4v) is 2.33. The molecule has 0 unspecified atom stereocenters. The fraction of sp³-hybridized carbons (Fsp3) is 0.200. The Bertz CT molecular complexity index is 520. The largest absolute Gasteiger partial charge is 0.326 e. The van der Waals surface area contributed by atoms with Crippen molar-refractivity contribution in [3.63, 3.8) is 0 Å². The topological polar surface area (TPSA) is 26.0 Å². The molecule has 17 heavy (non-hydrogen) atoms. The molecule has 88 valence electrons. The van der Waals surface area contributed by atoms with Crippen molar-refractivity contribution >= 4 is 15.9 Å². The lowest BCUT2D eigenvalue weighted by molar-refractivity contribution is 1.05. The number of halogens is 1. The van der Waals surface area contributed by atoms with Crippen LogP contribution >= 0.6 is 15.9 Å². The molecule has 0 amide bonds. The molecular formula is C15H16BrN. The van der Waals surface area contributed by atoms with Crippen LogP contribution in [0.1, 0.15) is 22.3 Å². The highest BCUT2D eigenvalue weighted by Crippen LogP contribution is 2.19. The second kappa shape index (κ2) is 5.48. The maximum absolute atomic E-state index is 5.66. The number of hydrogen-bond acceptors (Lipinski definition) is 1. The van der Waals surface area contributed by atoms with Crippen LogP contribution in [0.3, 0.4) is 0 Å². The van der Waals surface area contributed by atoms with Gasteiger partial charge in [0.15, 0.2) is 0 Å². The van der Waals surface area contributed by atoms with E-state index in [0.717, 1.165) is 10.9 Å². The molecule has 0 fully saturated rings. The molecule has 0 saturated carbocycles. The van der Waals surface area contributed by atoms with Crippen LogP contribution in [0, 0.1) is 6.92 Å². The van der Waals surface area contributed by atoms with Gasteiger partial charge in [-0.2, -0.15) is 0 Å². The quantitative estimate of drug-likeness (QED) is 0.914. The highest BCUT2D eigenvalue weighted by atomic mass is 79.9. The molecule has 2 heteroatoms. The molecule has 0 aliphatic carbocycles. The Labute approximate surface area is 111 Å². The highest BCUT2D eigenvalue weighted by molar-refractivity contribution is 9.10. The maximum Gasteiger partial charge on any atom is 0.0178 e. The molecule has 1 nitrogen and oxygen atoms in total. The Morgan fingerprint density at radius 3 is 2.59 bits per heavy atom. The zero-order valence-electron chi connectivity index (χ0n) is 9.91. The summed E-state index contributed by atoms with van der Waals surface area (Å²) < 4.78 is 1.13. The van der Waals surface area contributed by atoms with Gasteiger partial charge in [0.2, 0.25) is 0 Å². The minimum atomic E-state index is 0.602. The van der Waals surface area contributed by atoms with Gasteiger partial charge >= 0.3 is 0 Å². The third-order valence-electron chi connectivity index (χ3n) is 2.93. The average Bonchev–Trinajstić information content (AvgIpc) is 2.34. The molecule has 2 N–H and O–H groups in total. The molecule has 2 aromatic carbocycles. The Hall–Kier alpha value is -1.12. The Morgan fingerprint density at radius 1 is 1.06 bits per heavy atom. The minimum absolute atomic E-state index is 0.602. The predicted molar refractivity (Wildman–Crippen MR) is 76.0 cm³/mol. The van der Waals surface area contributed by atoms with Crippen LogP contribution < -0.4 is 5.73 Å². The van der Waals surface area contributed by atoms with Crippen LogP contribution in [0.5, 0.6) is 0 Å². The zero-order valence-corrected chi connectivity index (χ0v) is 11.5. The SMILES string of the molecule is Cc1ccc(Br)cc1Cc1cccc(CN)c1. The van der Waals surface area contributed by atoms with Gasteiger partial charge in [-0.1, -0.05) is 46.3 Å². The molecule has 0 aliphatic heterocycles. The predicted octanol–water partition coefficient (Wildman–Crippen LogP) is 3.81. The van der Waals surface area contributed by atoms with Crippen molar-refractivity contribution in [1.82, 2.24) is 0 Å². The van der Waals surface area contributed by atoms with Crippen LogP contribution in [-0.2, 0) is 13.0 Å². The second-order valence-corrected chi connectivity index (χ2v) is 5.19. The third-order valence-corrected chi connectivity index (χ3v) is 3.43. The van der Waals surface area contributed by atoms with Gasteiger partial charge in [-0.05, 0) is 47.7 Å². The number of rotatable bonds is 3. The molecule has 0 radical (unpaired) electrons. The lowest BCUT2D eigenvalue weighted by atomic mass is 9.99. The molecule has 0 bridgehead atoms. The summed E-state index contributed by atoms with van der Waals surface area (Å²) in [6.07, 6.45) is 0.957. The maximum atomic E-state index is 5.66. The molecule has 0 aliphatic rings. The number of nitrogens with two attached hydrogens (primary N) is 1. The Morgan fingerprint density at radius 2 is 1.82 bits per heavy atom. The number of hydrogen-bond donors (Lipinski definition) is 1. The van der Waals surface area contributed by atoms with E-state index in [1.54, 1.807) is 0 Å². The van der Waals surface area contributed by atoms with Gasteiger partial charge in [-0.15, -0.1) is 0 Å². The standard InChI is InChI=1S/C15H16BrN/c1-11-5-6-15(16)9-14(11)8-12-3-2-4-13(7-12)10-17/h2-7,9H,8,10,17H2,1H3. The minimum Gasteiger partial charge on any atom is -0.326 e. The van der Waals surface area contributed by atoms with Crippen molar-refractivity contribution in [2.45, 2.75) is 19.9 Å². The summed E-state index contributed by atoms with van der Waals surface area (Å²) >= 11 is 3.52. The summed E-state index contributed by atoms with van der Waals surface area (Å²) in [7, 11) is 0. The van der Waals surface area contributed by atoms with Crippen molar-refractivity contribution in [3.8, 4) is 0 Å². The molecule has 0 atom stereocenters. The van der Waals surface area contributed by atoms with E-state index in [0.29, 0.717) is 6.54 Å². The van der Waals surface area contributed by atoms with Crippen molar-refractivity contribution < 1.29 is 0 Å². The van der Waals surface area contributed by atoms with E-state index in [1.807, 2.05) is 0 Å². The van der Waals surface area contributed by atoms with Gasteiger partial charge in [-0.3, -0.25) is 0 Å². The summed E-state index contributed by atoms with van der Waals surface area (Å²) in [6.45, 7) is 2.75. The van der Waals surface area contributed by atoms with Gasteiger partial charge in [-0.25, -0.2) is 0 Å². The normalized spacial score (nSPS) is 10.5. The van der Waals surface area contributed by atoms with Gasteiger partial charge in [0.25, 0.3) is 0 Å². The molecule has 0 spiro atoms. The fourth-order valence-electron chi connectivity index (χ4n) is 1.92. The van der Waals surface area contributed by atoms with Crippen molar-refractivity contribution in [1.29, 1.82) is 0 Å². The first-order valence-corrected chi connectivity index (χ1v) is 6.51. The van der Waals surface area contributed by atoms with Crippen LogP contribution in [0.25, 0.3) is 0 Å². The summed E-state index contributed by atoms with van der Waals surface area (Å²) in [4.78, 5) is 0.